The van der Waals surface area contributed by atoms with Crippen molar-refractivity contribution in [3.8, 4) is 22.6 Å². The van der Waals surface area contributed by atoms with E-state index >= 15 is 0 Å². The minimum absolute atomic E-state index is 0.198. The van der Waals surface area contributed by atoms with Crippen LogP contribution in [0.4, 0.5) is 26.8 Å². The number of benzene rings is 2. The molecule has 2 saturated heterocycles. The van der Waals surface area contributed by atoms with Crippen molar-refractivity contribution in [1.29, 1.82) is 0 Å². The third-order valence-corrected chi connectivity index (χ3v) is 5.91. The first-order valence-corrected chi connectivity index (χ1v) is 10.9. The lowest BCUT2D eigenvalue weighted by Gasteiger charge is -2.33. The molecule has 2 atom stereocenters. The Morgan fingerprint density at radius 2 is 1.35 bits per heavy atom. The number of nitrogens with zero attached hydrogens (tertiary/aromatic N) is 3. The molecule has 2 aliphatic heterocycles. The number of ether oxygens (including phenoxy) is 1. The summed E-state index contributed by atoms with van der Waals surface area (Å²) in [4.78, 5) is 33.6. The van der Waals surface area contributed by atoms with Gasteiger partial charge in [0.1, 0.15) is 5.82 Å². The van der Waals surface area contributed by atoms with Crippen LogP contribution in [0.1, 0.15) is 12.8 Å². The number of carbonyl (C=O) groups is 2. The first kappa shape index (κ1) is 21.7. The van der Waals surface area contributed by atoms with Crippen molar-refractivity contribution in [2.75, 3.05) is 28.6 Å². The lowest BCUT2D eigenvalue weighted by molar-refractivity contribution is 0.0302. The van der Waals surface area contributed by atoms with Crippen LogP contribution in [-0.2, 0) is 4.74 Å². The monoisotopic (exact) mass is 461 g/mol. The van der Waals surface area contributed by atoms with E-state index in [1.165, 1.54) is 0 Å². The average molecular weight is 461 g/mol. The third-order valence-electron chi connectivity index (χ3n) is 5.91. The molecule has 2 unspecified atom stereocenters. The molecule has 34 heavy (non-hydrogen) atoms. The molecular formula is C24H23N5O5. The highest BCUT2D eigenvalue weighted by molar-refractivity contribution is 5.84. The Labute approximate surface area is 195 Å². The first-order valence-electron chi connectivity index (χ1n) is 10.9. The van der Waals surface area contributed by atoms with Gasteiger partial charge in [0.05, 0.1) is 17.9 Å². The fourth-order valence-electron chi connectivity index (χ4n) is 4.35. The normalized spacial score (nSPS) is 19.0. The Bertz CT molecular complexity index is 1130. The lowest BCUT2D eigenvalue weighted by Crippen LogP contribution is -2.43. The van der Waals surface area contributed by atoms with E-state index in [1.54, 1.807) is 36.4 Å². The molecule has 5 rings (SSSR count). The minimum Gasteiger partial charge on any atom is -0.465 e. The zero-order valence-electron chi connectivity index (χ0n) is 18.1. The van der Waals surface area contributed by atoms with Gasteiger partial charge in [-0.15, -0.1) is 0 Å². The molecule has 1 aromatic heterocycles. The van der Waals surface area contributed by atoms with Crippen LogP contribution >= 0.6 is 0 Å². The predicted molar refractivity (Wildman–Crippen MR) is 126 cm³/mol. The molecule has 3 heterocycles. The van der Waals surface area contributed by atoms with Crippen molar-refractivity contribution < 1.29 is 24.5 Å². The number of hydrogen-bond acceptors (Lipinski definition) is 6. The average Bonchev–Trinajstić information content (AvgIpc) is 3.16. The maximum absolute atomic E-state index is 10.9. The fourth-order valence-corrected chi connectivity index (χ4v) is 4.35. The van der Waals surface area contributed by atoms with E-state index < -0.39 is 12.2 Å². The predicted octanol–water partition coefficient (Wildman–Crippen LogP) is 4.36. The molecular weight excluding hydrogens is 438 g/mol. The molecule has 0 radical (unpaired) electrons. The van der Waals surface area contributed by atoms with Crippen LogP contribution in [0.15, 0.2) is 54.6 Å². The van der Waals surface area contributed by atoms with Crippen LogP contribution in [0.2, 0.25) is 0 Å². The SMILES string of the molecule is O=C(O)Nc1ccc(-c2cc(N3CC4CCC(C3)O4)nc(-c3ccc(NC(=O)O)cc3)n2)cc1. The molecule has 2 bridgehead atoms. The Morgan fingerprint density at radius 3 is 1.88 bits per heavy atom. The van der Waals surface area contributed by atoms with Gasteiger partial charge in [0.15, 0.2) is 5.82 Å². The molecule has 0 spiro atoms. The highest BCUT2D eigenvalue weighted by Crippen LogP contribution is 2.32. The van der Waals surface area contributed by atoms with Crippen LogP contribution in [0.3, 0.4) is 0 Å². The van der Waals surface area contributed by atoms with Crippen molar-refractivity contribution in [2.24, 2.45) is 0 Å². The standard InChI is InChI=1S/C24H23N5O5/c30-23(31)25-16-5-1-14(2-6-16)20-11-21(29-12-18-9-10-19(13-29)34-18)28-22(27-20)15-3-7-17(8-4-15)26-24(32)33/h1-8,11,18-19,25-26H,9-10,12-13H2,(H,30,31)(H,32,33). The van der Waals surface area contributed by atoms with E-state index in [9.17, 15) is 9.59 Å². The summed E-state index contributed by atoms with van der Waals surface area (Å²) in [7, 11) is 0. The maximum atomic E-state index is 10.9. The molecule has 4 N–H and O–H groups in total. The molecule has 0 saturated carbocycles. The molecule has 174 valence electrons. The molecule has 3 aromatic rings. The first-order chi connectivity index (χ1) is 16.4. The second-order valence-corrected chi connectivity index (χ2v) is 8.31. The number of hydrogen-bond donors (Lipinski definition) is 4. The molecule has 10 nitrogen and oxygen atoms in total. The molecule has 10 heteroatoms. The van der Waals surface area contributed by atoms with Gasteiger partial charge in [-0.1, -0.05) is 12.1 Å². The highest BCUT2D eigenvalue weighted by Gasteiger charge is 2.34. The Morgan fingerprint density at radius 1 is 0.824 bits per heavy atom. The summed E-state index contributed by atoms with van der Waals surface area (Å²) in [6.07, 6.45) is 0.231. The summed E-state index contributed by atoms with van der Waals surface area (Å²) in [6, 6.07) is 15.8. The van der Waals surface area contributed by atoms with Crippen LogP contribution in [0, 0.1) is 0 Å². The van der Waals surface area contributed by atoms with Crippen LogP contribution in [-0.4, -0.2) is 57.7 Å². The van der Waals surface area contributed by atoms with Gasteiger partial charge >= 0.3 is 12.2 Å². The summed E-state index contributed by atoms with van der Waals surface area (Å²) in [5.41, 5.74) is 3.20. The van der Waals surface area contributed by atoms with Gasteiger partial charge in [-0.05, 0) is 49.2 Å². The van der Waals surface area contributed by atoms with Crippen molar-refractivity contribution in [1.82, 2.24) is 9.97 Å². The second-order valence-electron chi connectivity index (χ2n) is 8.31. The van der Waals surface area contributed by atoms with E-state index in [0.29, 0.717) is 22.9 Å². The Kier molecular flexibility index (Phi) is 5.72. The second kappa shape index (κ2) is 8.99. The quantitative estimate of drug-likeness (QED) is 0.440. The number of amides is 2. The highest BCUT2D eigenvalue weighted by atomic mass is 16.5. The number of fused-ring (bicyclic) bond motifs is 2. The van der Waals surface area contributed by atoms with Gasteiger partial charge in [-0.2, -0.15) is 0 Å². The largest absolute Gasteiger partial charge is 0.465 e. The summed E-state index contributed by atoms with van der Waals surface area (Å²) in [6.45, 7) is 1.52. The summed E-state index contributed by atoms with van der Waals surface area (Å²) >= 11 is 0. The number of anilines is 3. The van der Waals surface area contributed by atoms with E-state index in [1.807, 2.05) is 18.2 Å². The van der Waals surface area contributed by atoms with Gasteiger partial charge in [-0.25, -0.2) is 19.6 Å². The van der Waals surface area contributed by atoms with Gasteiger partial charge < -0.3 is 19.8 Å². The topological polar surface area (TPSA) is 137 Å². The van der Waals surface area contributed by atoms with Crippen molar-refractivity contribution in [3.63, 3.8) is 0 Å². The number of carboxylic acid groups (broad SMARTS) is 2. The molecule has 2 aromatic carbocycles. The zero-order valence-corrected chi connectivity index (χ0v) is 18.1. The Balaban J connectivity index is 1.51. The lowest BCUT2D eigenvalue weighted by atomic mass is 10.1. The summed E-state index contributed by atoms with van der Waals surface area (Å²) in [5.74, 6) is 1.31. The maximum Gasteiger partial charge on any atom is 0.409 e. The van der Waals surface area contributed by atoms with Crippen LogP contribution < -0.4 is 15.5 Å². The molecule has 2 amide bonds. The van der Waals surface area contributed by atoms with Gasteiger partial charge in [-0.3, -0.25) is 10.6 Å². The fraction of sp³-hybridized carbons (Fsp3) is 0.250. The molecule has 2 aliphatic rings. The van der Waals surface area contributed by atoms with Gasteiger partial charge in [0.25, 0.3) is 0 Å². The number of morpholine rings is 1. The minimum atomic E-state index is -1.13. The van der Waals surface area contributed by atoms with Crippen molar-refractivity contribution in [3.05, 3.63) is 54.6 Å². The third kappa shape index (κ3) is 4.76. The number of aromatic nitrogens is 2. The summed E-state index contributed by atoms with van der Waals surface area (Å²) in [5, 5.41) is 22.5. The van der Waals surface area contributed by atoms with E-state index in [2.05, 4.69) is 15.5 Å². The van der Waals surface area contributed by atoms with Gasteiger partial charge in [0.2, 0.25) is 0 Å². The summed E-state index contributed by atoms with van der Waals surface area (Å²) < 4.78 is 5.97. The van der Waals surface area contributed by atoms with Crippen molar-refractivity contribution in [2.45, 2.75) is 25.0 Å². The Hall–Kier alpha value is -4.18. The molecule has 2 fully saturated rings. The van der Waals surface area contributed by atoms with Crippen molar-refractivity contribution >= 4 is 29.4 Å². The smallest absolute Gasteiger partial charge is 0.409 e. The van der Waals surface area contributed by atoms with Crippen LogP contribution in [0.5, 0.6) is 0 Å². The zero-order chi connectivity index (χ0) is 23.7. The molecule has 0 aliphatic carbocycles. The van der Waals surface area contributed by atoms with E-state index in [-0.39, 0.29) is 12.2 Å². The van der Waals surface area contributed by atoms with Crippen LogP contribution in [0.25, 0.3) is 22.6 Å². The number of nitrogens with one attached hydrogen (secondary N) is 2. The van der Waals surface area contributed by atoms with E-state index in [0.717, 1.165) is 42.9 Å². The van der Waals surface area contributed by atoms with Gasteiger partial charge in [0, 0.05) is 41.7 Å². The van der Waals surface area contributed by atoms with E-state index in [4.69, 9.17) is 24.9 Å². The number of rotatable bonds is 5.